The number of aryl methyl sites for hydroxylation is 1. The number of nitrogens with two attached hydrogens (primary N) is 1. The molecule has 20 heavy (non-hydrogen) atoms. The number of carbonyl (C=O) groups excluding carboxylic acids is 1. The maximum Gasteiger partial charge on any atom is 0.255 e. The summed E-state index contributed by atoms with van der Waals surface area (Å²) in [6.45, 7) is 1.98. The molecule has 2 aromatic carbocycles. The zero-order valence-corrected chi connectivity index (χ0v) is 10.9. The fraction of sp³-hybridized carbons (Fsp3) is 0.133. The third kappa shape index (κ3) is 2.93. The summed E-state index contributed by atoms with van der Waals surface area (Å²) in [4.78, 5) is 11.9. The van der Waals surface area contributed by atoms with Gasteiger partial charge in [0.05, 0.1) is 0 Å². The molecule has 1 amide bonds. The summed E-state index contributed by atoms with van der Waals surface area (Å²) in [7, 11) is 0. The first-order valence-electron chi connectivity index (χ1n) is 6.16. The average molecular weight is 276 g/mol. The summed E-state index contributed by atoms with van der Waals surface area (Å²) >= 11 is 0. The molecule has 0 aromatic heterocycles. The van der Waals surface area contributed by atoms with Gasteiger partial charge in [-0.3, -0.25) is 4.79 Å². The van der Waals surface area contributed by atoms with Gasteiger partial charge in [-0.2, -0.15) is 0 Å². The van der Waals surface area contributed by atoms with E-state index < -0.39 is 17.5 Å². The van der Waals surface area contributed by atoms with Gasteiger partial charge in [0.2, 0.25) is 0 Å². The highest BCUT2D eigenvalue weighted by Crippen LogP contribution is 2.19. The van der Waals surface area contributed by atoms with Crippen molar-refractivity contribution in [1.29, 1.82) is 0 Å². The van der Waals surface area contributed by atoms with Crippen LogP contribution in [0.3, 0.4) is 0 Å². The Labute approximate surface area is 115 Å². The van der Waals surface area contributed by atoms with Crippen molar-refractivity contribution >= 4 is 17.3 Å². The first-order valence-corrected chi connectivity index (χ1v) is 6.16. The number of nitrogens with one attached hydrogen (secondary N) is 1. The van der Waals surface area contributed by atoms with Gasteiger partial charge in [0.1, 0.15) is 0 Å². The SMILES string of the molecule is CCc1ccc(NC(=O)c2ccc(F)c(F)c2)cc1N. The summed E-state index contributed by atoms with van der Waals surface area (Å²) in [5.41, 5.74) is 7.94. The smallest absolute Gasteiger partial charge is 0.255 e. The zero-order valence-electron chi connectivity index (χ0n) is 10.9. The molecule has 3 nitrogen and oxygen atoms in total. The van der Waals surface area contributed by atoms with Crippen LogP contribution in [0.15, 0.2) is 36.4 Å². The fourth-order valence-corrected chi connectivity index (χ4v) is 1.84. The van der Waals surface area contributed by atoms with Crippen molar-refractivity contribution in [3.05, 3.63) is 59.2 Å². The van der Waals surface area contributed by atoms with Gasteiger partial charge in [-0.05, 0) is 42.3 Å². The number of amides is 1. The van der Waals surface area contributed by atoms with Crippen LogP contribution >= 0.6 is 0 Å². The fourth-order valence-electron chi connectivity index (χ4n) is 1.84. The highest BCUT2D eigenvalue weighted by atomic mass is 19.2. The number of halogens is 2. The molecule has 0 atom stereocenters. The van der Waals surface area contributed by atoms with E-state index in [1.54, 1.807) is 12.1 Å². The summed E-state index contributed by atoms with van der Waals surface area (Å²) < 4.78 is 25.9. The second-order valence-corrected chi connectivity index (χ2v) is 4.35. The van der Waals surface area contributed by atoms with Gasteiger partial charge in [0.25, 0.3) is 5.91 Å². The minimum atomic E-state index is -1.06. The van der Waals surface area contributed by atoms with Crippen molar-refractivity contribution in [3.8, 4) is 0 Å². The molecule has 0 radical (unpaired) electrons. The van der Waals surface area contributed by atoms with Crippen LogP contribution in [0.2, 0.25) is 0 Å². The molecule has 0 spiro atoms. The molecule has 5 heteroatoms. The molecule has 0 heterocycles. The zero-order chi connectivity index (χ0) is 14.7. The second kappa shape index (κ2) is 5.69. The van der Waals surface area contributed by atoms with Gasteiger partial charge in [0, 0.05) is 16.9 Å². The van der Waals surface area contributed by atoms with Crippen LogP contribution in [0, 0.1) is 11.6 Å². The van der Waals surface area contributed by atoms with E-state index >= 15 is 0 Å². The second-order valence-electron chi connectivity index (χ2n) is 4.35. The molecule has 2 aromatic rings. The number of hydrogen-bond acceptors (Lipinski definition) is 2. The number of hydrogen-bond donors (Lipinski definition) is 2. The summed E-state index contributed by atoms with van der Waals surface area (Å²) in [6.07, 6.45) is 0.795. The lowest BCUT2D eigenvalue weighted by Crippen LogP contribution is -2.12. The summed E-state index contributed by atoms with van der Waals surface area (Å²) in [6, 6.07) is 8.16. The van der Waals surface area contributed by atoms with E-state index in [2.05, 4.69) is 5.32 Å². The molecule has 0 aliphatic rings. The van der Waals surface area contributed by atoms with E-state index in [4.69, 9.17) is 5.73 Å². The van der Waals surface area contributed by atoms with Crippen molar-refractivity contribution in [2.24, 2.45) is 0 Å². The molecule has 0 saturated heterocycles. The Hall–Kier alpha value is -2.43. The number of anilines is 2. The maximum atomic E-state index is 13.1. The third-order valence-corrected chi connectivity index (χ3v) is 2.97. The molecule has 0 bridgehead atoms. The highest BCUT2D eigenvalue weighted by Gasteiger charge is 2.10. The van der Waals surface area contributed by atoms with Gasteiger partial charge in [-0.1, -0.05) is 13.0 Å². The van der Waals surface area contributed by atoms with Crippen molar-refractivity contribution in [2.45, 2.75) is 13.3 Å². The lowest BCUT2D eigenvalue weighted by atomic mass is 10.1. The molecule has 2 rings (SSSR count). The Balaban J connectivity index is 2.19. The van der Waals surface area contributed by atoms with Crippen LogP contribution in [-0.2, 0) is 6.42 Å². The van der Waals surface area contributed by atoms with E-state index in [0.717, 1.165) is 24.1 Å². The predicted molar refractivity (Wildman–Crippen MR) is 74.5 cm³/mol. The Kier molecular flexibility index (Phi) is 3.98. The van der Waals surface area contributed by atoms with E-state index in [0.29, 0.717) is 11.4 Å². The molecular weight excluding hydrogens is 262 g/mol. The molecule has 0 unspecified atom stereocenters. The molecule has 3 N–H and O–H groups in total. The van der Waals surface area contributed by atoms with E-state index in [9.17, 15) is 13.6 Å². The third-order valence-electron chi connectivity index (χ3n) is 2.97. The van der Waals surface area contributed by atoms with Gasteiger partial charge < -0.3 is 11.1 Å². The minimum absolute atomic E-state index is 0.0436. The average Bonchev–Trinajstić information content (AvgIpc) is 2.42. The van der Waals surface area contributed by atoms with E-state index in [1.165, 1.54) is 6.07 Å². The van der Waals surface area contributed by atoms with Crippen molar-refractivity contribution in [2.75, 3.05) is 11.1 Å². The normalized spacial score (nSPS) is 10.3. The summed E-state index contributed by atoms with van der Waals surface area (Å²) in [5.74, 6) is -2.57. The monoisotopic (exact) mass is 276 g/mol. The van der Waals surface area contributed by atoms with Gasteiger partial charge in [-0.25, -0.2) is 8.78 Å². The minimum Gasteiger partial charge on any atom is -0.398 e. The quantitative estimate of drug-likeness (QED) is 0.844. The van der Waals surface area contributed by atoms with Gasteiger partial charge in [0.15, 0.2) is 11.6 Å². The van der Waals surface area contributed by atoms with Crippen molar-refractivity contribution in [3.63, 3.8) is 0 Å². The van der Waals surface area contributed by atoms with Crippen LogP contribution in [-0.4, -0.2) is 5.91 Å². The molecule has 0 aliphatic heterocycles. The van der Waals surface area contributed by atoms with Gasteiger partial charge >= 0.3 is 0 Å². The van der Waals surface area contributed by atoms with E-state index in [1.807, 2.05) is 13.0 Å². The first-order chi connectivity index (χ1) is 9.51. The maximum absolute atomic E-state index is 13.1. The Bertz CT molecular complexity index is 656. The van der Waals surface area contributed by atoms with Crippen molar-refractivity contribution in [1.82, 2.24) is 0 Å². The first kappa shape index (κ1) is 14.0. The number of benzene rings is 2. The van der Waals surface area contributed by atoms with Gasteiger partial charge in [-0.15, -0.1) is 0 Å². The molecule has 0 saturated carbocycles. The van der Waals surface area contributed by atoms with Crippen LogP contribution in [0.25, 0.3) is 0 Å². The topological polar surface area (TPSA) is 55.1 Å². The summed E-state index contributed by atoms with van der Waals surface area (Å²) in [5, 5.41) is 2.59. The van der Waals surface area contributed by atoms with Crippen LogP contribution in [0.5, 0.6) is 0 Å². The predicted octanol–water partition coefficient (Wildman–Crippen LogP) is 3.36. The van der Waals surface area contributed by atoms with Crippen LogP contribution in [0.1, 0.15) is 22.8 Å². The van der Waals surface area contributed by atoms with Crippen LogP contribution in [0.4, 0.5) is 20.2 Å². The lowest BCUT2D eigenvalue weighted by Gasteiger charge is -2.09. The van der Waals surface area contributed by atoms with Crippen LogP contribution < -0.4 is 11.1 Å². The Morgan fingerprint density at radius 3 is 2.50 bits per heavy atom. The Morgan fingerprint density at radius 1 is 1.15 bits per heavy atom. The molecule has 0 fully saturated rings. The largest absolute Gasteiger partial charge is 0.398 e. The number of rotatable bonds is 3. The number of nitrogen functional groups attached to an aromatic ring is 1. The van der Waals surface area contributed by atoms with E-state index in [-0.39, 0.29) is 5.56 Å². The Morgan fingerprint density at radius 2 is 1.90 bits per heavy atom. The number of carbonyl (C=O) groups is 1. The molecule has 0 aliphatic carbocycles. The lowest BCUT2D eigenvalue weighted by molar-refractivity contribution is 0.102. The standard InChI is InChI=1S/C15H14F2N2O/c1-2-9-3-5-11(8-14(9)18)19-15(20)10-4-6-12(16)13(17)7-10/h3-8H,2,18H2,1H3,(H,19,20). The molecule has 104 valence electrons. The molecular formula is C15H14F2N2O. The highest BCUT2D eigenvalue weighted by molar-refractivity contribution is 6.04. The van der Waals surface area contributed by atoms with Crippen molar-refractivity contribution < 1.29 is 13.6 Å².